The molecule has 7 heteroatoms. The Hall–Kier alpha value is -3.90. The van der Waals surface area contributed by atoms with Gasteiger partial charge in [0.1, 0.15) is 6.54 Å². The summed E-state index contributed by atoms with van der Waals surface area (Å²) in [5, 5.41) is 4.03. The van der Waals surface area contributed by atoms with Gasteiger partial charge in [0, 0.05) is 28.7 Å². The van der Waals surface area contributed by atoms with Crippen LogP contribution in [-0.4, -0.2) is 28.7 Å². The fourth-order valence-corrected chi connectivity index (χ4v) is 4.22. The largest absolute Gasteiger partial charge is 0.342 e. The van der Waals surface area contributed by atoms with E-state index < -0.39 is 11.7 Å². The topological polar surface area (TPSA) is 71.4 Å². The molecule has 2 amide bonds. The number of nitrogens with one attached hydrogen (secondary N) is 1. The summed E-state index contributed by atoms with van der Waals surface area (Å²) in [6.45, 7) is 0.246. The van der Waals surface area contributed by atoms with E-state index in [9.17, 15) is 14.4 Å². The van der Waals surface area contributed by atoms with Crippen molar-refractivity contribution < 1.29 is 14.4 Å². The maximum atomic E-state index is 13.3. The lowest BCUT2D eigenvalue weighted by Crippen LogP contribution is -2.45. The molecule has 3 aromatic carbocycles. The molecule has 158 valence electrons. The summed E-state index contributed by atoms with van der Waals surface area (Å²) in [7, 11) is 0. The van der Waals surface area contributed by atoms with Gasteiger partial charge in [-0.1, -0.05) is 60.1 Å². The molecule has 0 spiro atoms. The van der Waals surface area contributed by atoms with Gasteiger partial charge < -0.3 is 9.88 Å². The van der Waals surface area contributed by atoms with Crippen molar-refractivity contribution in [3.63, 3.8) is 0 Å². The summed E-state index contributed by atoms with van der Waals surface area (Å²) >= 11 is 6.33. The number of hydrogen-bond acceptors (Lipinski definition) is 3. The highest BCUT2D eigenvalue weighted by atomic mass is 35.5. The van der Waals surface area contributed by atoms with Crippen LogP contribution in [0.2, 0.25) is 5.02 Å². The summed E-state index contributed by atoms with van der Waals surface area (Å²) in [5.41, 5.74) is 3.03. The SMILES string of the molecule is O=C1CN(C(=O)C(=O)c2cn(Cc3ccccc3Cl)c3ccccc23)c2ccccc2N1. The lowest BCUT2D eigenvalue weighted by molar-refractivity contribution is -0.119. The monoisotopic (exact) mass is 443 g/mol. The molecule has 0 saturated carbocycles. The van der Waals surface area contributed by atoms with Crippen molar-refractivity contribution >= 4 is 51.5 Å². The lowest BCUT2D eigenvalue weighted by atomic mass is 10.1. The van der Waals surface area contributed by atoms with E-state index in [4.69, 9.17) is 11.6 Å². The summed E-state index contributed by atoms with van der Waals surface area (Å²) in [4.78, 5) is 39.9. The first-order chi connectivity index (χ1) is 15.5. The fourth-order valence-electron chi connectivity index (χ4n) is 4.02. The molecule has 1 N–H and O–H groups in total. The third-order valence-corrected chi connectivity index (χ3v) is 5.91. The Kier molecular flexibility index (Phi) is 4.99. The van der Waals surface area contributed by atoms with Crippen molar-refractivity contribution in [2.75, 3.05) is 16.8 Å². The zero-order valence-electron chi connectivity index (χ0n) is 16.9. The van der Waals surface area contributed by atoms with Crippen LogP contribution in [-0.2, 0) is 16.1 Å². The molecule has 0 fully saturated rings. The highest BCUT2D eigenvalue weighted by Crippen LogP contribution is 2.31. The highest BCUT2D eigenvalue weighted by Gasteiger charge is 2.32. The van der Waals surface area contributed by atoms with Crippen LogP contribution in [0.15, 0.2) is 79.0 Å². The van der Waals surface area contributed by atoms with Crippen LogP contribution < -0.4 is 10.2 Å². The molecule has 0 atom stereocenters. The van der Waals surface area contributed by atoms with Crippen LogP contribution in [0.4, 0.5) is 11.4 Å². The Morgan fingerprint density at radius 2 is 1.66 bits per heavy atom. The molecule has 4 aromatic rings. The predicted molar refractivity (Wildman–Crippen MR) is 124 cm³/mol. The Balaban J connectivity index is 1.54. The van der Waals surface area contributed by atoms with Crippen LogP contribution >= 0.6 is 11.6 Å². The number of para-hydroxylation sites is 3. The molecule has 2 heterocycles. The van der Waals surface area contributed by atoms with Crippen LogP contribution in [0, 0.1) is 0 Å². The number of nitrogens with zero attached hydrogens (tertiary/aromatic N) is 2. The van der Waals surface area contributed by atoms with E-state index >= 15 is 0 Å². The summed E-state index contributed by atoms with van der Waals surface area (Å²) in [5.74, 6) is -1.75. The minimum absolute atomic E-state index is 0.208. The minimum atomic E-state index is -0.743. The Labute approximate surface area is 189 Å². The first-order valence-electron chi connectivity index (χ1n) is 10.1. The van der Waals surface area contributed by atoms with Crippen molar-refractivity contribution in [3.05, 3.63) is 95.1 Å². The average Bonchev–Trinajstić information content (AvgIpc) is 3.17. The number of carbonyl (C=O) groups is 3. The second kappa shape index (κ2) is 7.98. The molecule has 0 radical (unpaired) electrons. The lowest BCUT2D eigenvalue weighted by Gasteiger charge is -2.28. The molecule has 32 heavy (non-hydrogen) atoms. The van der Waals surface area contributed by atoms with E-state index in [1.54, 1.807) is 30.5 Å². The number of rotatable bonds is 4. The van der Waals surface area contributed by atoms with Gasteiger partial charge in [0.2, 0.25) is 5.91 Å². The standard InChI is InChI=1S/C25H18ClN3O3/c26-19-9-3-1-7-16(19)13-28-14-18(17-8-2-5-11-21(17)28)24(31)25(32)29-15-23(30)27-20-10-4-6-12-22(20)29/h1-12,14H,13,15H2,(H,27,30). The number of fused-ring (bicyclic) bond motifs is 2. The second-order valence-corrected chi connectivity index (χ2v) is 7.97. The molecule has 0 unspecified atom stereocenters. The summed E-state index contributed by atoms with van der Waals surface area (Å²) in [6.07, 6.45) is 1.68. The van der Waals surface area contributed by atoms with Crippen LogP contribution in [0.25, 0.3) is 10.9 Å². The van der Waals surface area contributed by atoms with Gasteiger partial charge in [-0.25, -0.2) is 0 Å². The van der Waals surface area contributed by atoms with Crippen molar-refractivity contribution in [1.29, 1.82) is 0 Å². The van der Waals surface area contributed by atoms with Gasteiger partial charge in [0.15, 0.2) is 0 Å². The molecule has 1 aromatic heterocycles. The van der Waals surface area contributed by atoms with E-state index in [1.165, 1.54) is 4.90 Å². The number of benzene rings is 3. The average molecular weight is 444 g/mol. The Morgan fingerprint density at radius 3 is 2.50 bits per heavy atom. The van der Waals surface area contributed by atoms with Gasteiger partial charge in [-0.3, -0.25) is 19.3 Å². The fraction of sp³-hybridized carbons (Fsp3) is 0.0800. The Morgan fingerprint density at radius 1 is 0.938 bits per heavy atom. The number of Topliss-reactive ketones (excluding diaryl/α,β-unsaturated/α-hetero) is 1. The quantitative estimate of drug-likeness (QED) is 0.372. The summed E-state index contributed by atoms with van der Waals surface area (Å²) in [6, 6.07) is 21.9. The third kappa shape index (κ3) is 3.44. The smallest absolute Gasteiger partial charge is 0.300 e. The maximum Gasteiger partial charge on any atom is 0.300 e. The third-order valence-electron chi connectivity index (χ3n) is 5.54. The molecule has 0 aliphatic carbocycles. The van der Waals surface area contributed by atoms with Gasteiger partial charge in [-0.15, -0.1) is 0 Å². The molecule has 1 aliphatic heterocycles. The van der Waals surface area contributed by atoms with Gasteiger partial charge in [-0.2, -0.15) is 0 Å². The maximum absolute atomic E-state index is 13.3. The molecular formula is C25H18ClN3O3. The number of ketones is 1. The van der Waals surface area contributed by atoms with E-state index in [0.717, 1.165) is 11.1 Å². The summed E-state index contributed by atoms with van der Waals surface area (Å²) < 4.78 is 1.91. The number of hydrogen-bond donors (Lipinski definition) is 1. The van der Waals surface area contributed by atoms with Crippen molar-refractivity contribution in [2.45, 2.75) is 6.54 Å². The van der Waals surface area contributed by atoms with Crippen LogP contribution in [0.5, 0.6) is 0 Å². The molecule has 5 rings (SSSR count). The number of anilines is 2. The predicted octanol–water partition coefficient (Wildman–Crippen LogP) is 4.51. The second-order valence-electron chi connectivity index (χ2n) is 7.56. The van der Waals surface area contributed by atoms with Crippen LogP contribution in [0.3, 0.4) is 0 Å². The van der Waals surface area contributed by atoms with Gasteiger partial charge in [0.05, 0.1) is 16.9 Å². The molecular weight excluding hydrogens is 426 g/mol. The highest BCUT2D eigenvalue weighted by molar-refractivity contribution is 6.49. The Bertz CT molecular complexity index is 1390. The van der Waals surface area contributed by atoms with Crippen LogP contribution in [0.1, 0.15) is 15.9 Å². The van der Waals surface area contributed by atoms with Crippen molar-refractivity contribution in [1.82, 2.24) is 4.57 Å². The molecule has 6 nitrogen and oxygen atoms in total. The van der Waals surface area contributed by atoms with Gasteiger partial charge >= 0.3 is 0 Å². The van der Waals surface area contributed by atoms with Gasteiger partial charge in [-0.05, 0) is 29.8 Å². The number of amides is 2. The first-order valence-corrected chi connectivity index (χ1v) is 10.5. The van der Waals surface area contributed by atoms with Crippen molar-refractivity contribution in [3.8, 4) is 0 Å². The number of carbonyl (C=O) groups excluding carboxylic acids is 3. The minimum Gasteiger partial charge on any atom is -0.342 e. The van der Waals surface area contributed by atoms with E-state index in [2.05, 4.69) is 5.32 Å². The van der Waals surface area contributed by atoms with Crippen molar-refractivity contribution in [2.24, 2.45) is 0 Å². The zero-order valence-corrected chi connectivity index (χ0v) is 17.7. The number of aromatic nitrogens is 1. The van der Waals surface area contributed by atoms with Gasteiger partial charge in [0.25, 0.3) is 11.7 Å². The number of halogens is 1. The zero-order chi connectivity index (χ0) is 22.2. The van der Waals surface area contributed by atoms with E-state index in [-0.39, 0.29) is 12.5 Å². The molecule has 0 bridgehead atoms. The molecule has 1 aliphatic rings. The normalized spacial score (nSPS) is 13.0. The van der Waals surface area contributed by atoms with E-state index in [0.29, 0.717) is 33.9 Å². The van der Waals surface area contributed by atoms with E-state index in [1.807, 2.05) is 53.1 Å². The molecule has 0 saturated heterocycles. The first kappa shape index (κ1) is 20.0.